The Morgan fingerprint density at radius 2 is 1.97 bits per heavy atom. The smallest absolute Gasteiger partial charge is 0.266 e. The van der Waals surface area contributed by atoms with Gasteiger partial charge in [-0.25, -0.2) is 4.39 Å². The SMILES string of the molecule is O=C(CCCN1C(=O)/C(=C/c2cc(Br)cc(Br)c2O)SC1=S)Nc1ccc(F)cc1. The zero-order valence-electron chi connectivity index (χ0n) is 15.3. The molecule has 2 N–H and O–H groups in total. The van der Waals surface area contributed by atoms with E-state index in [2.05, 4.69) is 37.2 Å². The van der Waals surface area contributed by atoms with E-state index in [4.69, 9.17) is 12.2 Å². The number of thioether (sulfide) groups is 1. The fraction of sp³-hybridized carbons (Fsp3) is 0.150. The Bertz CT molecular complexity index is 1050. The van der Waals surface area contributed by atoms with E-state index in [0.29, 0.717) is 37.9 Å². The average Bonchev–Trinajstić information content (AvgIpc) is 2.95. The van der Waals surface area contributed by atoms with Crippen molar-refractivity contribution in [1.29, 1.82) is 0 Å². The van der Waals surface area contributed by atoms with Crippen molar-refractivity contribution in [3.8, 4) is 5.75 Å². The number of amides is 2. The number of halogens is 3. The van der Waals surface area contributed by atoms with E-state index < -0.39 is 0 Å². The molecule has 0 unspecified atom stereocenters. The Morgan fingerprint density at radius 1 is 1.27 bits per heavy atom. The number of hydrogen-bond donors (Lipinski definition) is 2. The number of phenolic OH excluding ortho intramolecular Hbond substituents is 1. The molecule has 0 bridgehead atoms. The number of aromatic hydroxyl groups is 1. The van der Waals surface area contributed by atoms with Gasteiger partial charge in [0.05, 0.1) is 9.38 Å². The molecule has 156 valence electrons. The molecule has 30 heavy (non-hydrogen) atoms. The highest BCUT2D eigenvalue weighted by Crippen LogP contribution is 2.37. The summed E-state index contributed by atoms with van der Waals surface area (Å²) in [5.74, 6) is -0.842. The van der Waals surface area contributed by atoms with Gasteiger partial charge in [0.1, 0.15) is 15.9 Å². The van der Waals surface area contributed by atoms with Crippen LogP contribution in [0.1, 0.15) is 18.4 Å². The standard InChI is InChI=1S/C20H15Br2FN2O3S2/c21-12-8-11(18(27)15(22)10-12)9-16-19(28)25(20(29)30-16)7-1-2-17(26)24-14-5-3-13(23)4-6-14/h3-6,8-10,27H,1-2,7H2,(H,24,26)/b16-9-. The predicted octanol–water partition coefficient (Wildman–Crippen LogP) is 5.68. The third kappa shape index (κ3) is 5.69. The van der Waals surface area contributed by atoms with Crippen LogP contribution >= 0.6 is 55.8 Å². The minimum absolute atomic E-state index is 0.0286. The van der Waals surface area contributed by atoms with Gasteiger partial charge < -0.3 is 10.4 Å². The lowest BCUT2D eigenvalue weighted by Crippen LogP contribution is -2.29. The van der Waals surface area contributed by atoms with Crippen LogP contribution in [0.15, 0.2) is 50.2 Å². The fourth-order valence-electron chi connectivity index (χ4n) is 2.68. The number of rotatable bonds is 6. The highest BCUT2D eigenvalue weighted by atomic mass is 79.9. The van der Waals surface area contributed by atoms with Gasteiger partial charge in [-0.3, -0.25) is 14.5 Å². The molecule has 1 heterocycles. The number of hydrogen-bond acceptors (Lipinski definition) is 5. The van der Waals surface area contributed by atoms with Gasteiger partial charge >= 0.3 is 0 Å². The molecule has 5 nitrogen and oxygen atoms in total. The minimum Gasteiger partial charge on any atom is -0.506 e. The molecule has 2 aromatic carbocycles. The molecular weight excluding hydrogens is 559 g/mol. The molecule has 0 radical (unpaired) electrons. The fourth-order valence-corrected chi connectivity index (χ4v) is 5.24. The predicted molar refractivity (Wildman–Crippen MR) is 128 cm³/mol. The largest absolute Gasteiger partial charge is 0.506 e. The van der Waals surface area contributed by atoms with Crippen molar-refractivity contribution in [3.63, 3.8) is 0 Å². The maximum Gasteiger partial charge on any atom is 0.266 e. The molecule has 10 heteroatoms. The summed E-state index contributed by atoms with van der Waals surface area (Å²) in [6.45, 7) is 0.299. The molecule has 0 aromatic heterocycles. The second-order valence-corrected chi connectivity index (χ2v) is 9.76. The monoisotopic (exact) mass is 572 g/mol. The number of nitrogens with one attached hydrogen (secondary N) is 1. The highest BCUT2D eigenvalue weighted by Gasteiger charge is 2.32. The number of thiocarbonyl (C=S) groups is 1. The van der Waals surface area contributed by atoms with Crippen molar-refractivity contribution in [2.75, 3.05) is 11.9 Å². The molecule has 1 saturated heterocycles. The molecular formula is C20H15Br2FN2O3S2. The summed E-state index contributed by atoms with van der Waals surface area (Å²) in [5, 5.41) is 12.9. The topological polar surface area (TPSA) is 69.6 Å². The van der Waals surface area contributed by atoms with Crippen LogP contribution in [0.3, 0.4) is 0 Å². The highest BCUT2D eigenvalue weighted by molar-refractivity contribution is 9.11. The summed E-state index contributed by atoms with van der Waals surface area (Å²) >= 11 is 13.1. The Morgan fingerprint density at radius 3 is 2.67 bits per heavy atom. The molecule has 0 atom stereocenters. The quantitative estimate of drug-likeness (QED) is 0.344. The summed E-state index contributed by atoms with van der Waals surface area (Å²) in [7, 11) is 0. The van der Waals surface area contributed by atoms with Crippen LogP contribution in [0.2, 0.25) is 0 Å². The van der Waals surface area contributed by atoms with Crippen molar-refractivity contribution in [2.45, 2.75) is 12.8 Å². The van der Waals surface area contributed by atoms with Crippen LogP contribution < -0.4 is 5.32 Å². The second-order valence-electron chi connectivity index (χ2n) is 6.32. The maximum absolute atomic E-state index is 12.9. The molecule has 1 aliphatic rings. The third-order valence-corrected chi connectivity index (χ3v) is 6.57. The van der Waals surface area contributed by atoms with Gasteiger partial charge in [0, 0.05) is 28.7 Å². The molecule has 0 spiro atoms. The first-order valence-electron chi connectivity index (χ1n) is 8.73. The summed E-state index contributed by atoms with van der Waals surface area (Å²) < 4.78 is 14.6. The van der Waals surface area contributed by atoms with Gasteiger partial charge in [-0.2, -0.15) is 0 Å². The summed E-state index contributed by atoms with van der Waals surface area (Å²) in [6, 6.07) is 8.90. The summed E-state index contributed by atoms with van der Waals surface area (Å²) in [4.78, 5) is 26.6. The Kier molecular flexibility index (Phi) is 7.67. The molecule has 1 fully saturated rings. The van der Waals surface area contributed by atoms with Crippen LogP contribution in [0, 0.1) is 5.82 Å². The number of benzene rings is 2. The zero-order chi connectivity index (χ0) is 21.8. The molecule has 3 rings (SSSR count). The minimum atomic E-state index is -0.376. The Balaban J connectivity index is 1.59. The van der Waals surface area contributed by atoms with E-state index in [-0.39, 0.29) is 29.8 Å². The van der Waals surface area contributed by atoms with E-state index in [0.717, 1.165) is 16.2 Å². The van der Waals surface area contributed by atoms with Gasteiger partial charge in [0.25, 0.3) is 5.91 Å². The average molecular weight is 574 g/mol. The first kappa shape index (κ1) is 22.9. The Labute approximate surface area is 199 Å². The molecule has 2 aromatic rings. The number of nitrogens with zero attached hydrogens (tertiary/aromatic N) is 1. The van der Waals surface area contributed by atoms with Crippen LogP contribution in [0.5, 0.6) is 5.75 Å². The van der Waals surface area contributed by atoms with Gasteiger partial charge in [-0.1, -0.05) is 39.9 Å². The van der Waals surface area contributed by atoms with E-state index in [9.17, 15) is 19.1 Å². The van der Waals surface area contributed by atoms with Crippen LogP contribution in [-0.4, -0.2) is 32.7 Å². The van der Waals surface area contributed by atoms with Gasteiger partial charge in [0.15, 0.2) is 0 Å². The van der Waals surface area contributed by atoms with Crippen LogP contribution in [0.4, 0.5) is 10.1 Å². The second kappa shape index (κ2) is 10.0. The van der Waals surface area contributed by atoms with E-state index in [1.54, 1.807) is 18.2 Å². The van der Waals surface area contributed by atoms with E-state index >= 15 is 0 Å². The van der Waals surface area contributed by atoms with Crippen LogP contribution in [-0.2, 0) is 9.59 Å². The summed E-state index contributed by atoms with van der Waals surface area (Å²) in [6.07, 6.45) is 2.19. The Hall–Kier alpha value is -1.75. The molecule has 1 aliphatic heterocycles. The number of carbonyl (C=O) groups excluding carboxylic acids is 2. The number of anilines is 1. The lowest BCUT2D eigenvalue weighted by atomic mass is 10.2. The molecule has 0 saturated carbocycles. The van der Waals surface area contributed by atoms with Gasteiger partial charge in [0.2, 0.25) is 5.91 Å². The maximum atomic E-state index is 12.9. The van der Waals surface area contributed by atoms with Crippen LogP contribution in [0.25, 0.3) is 6.08 Å². The lowest BCUT2D eigenvalue weighted by molar-refractivity contribution is -0.122. The molecule has 0 aliphatic carbocycles. The first-order valence-corrected chi connectivity index (χ1v) is 11.5. The summed E-state index contributed by atoms with van der Waals surface area (Å²) in [5.41, 5.74) is 0.991. The van der Waals surface area contributed by atoms with Gasteiger partial charge in [-0.15, -0.1) is 0 Å². The van der Waals surface area contributed by atoms with E-state index in [1.165, 1.54) is 29.2 Å². The molecule has 2 amide bonds. The van der Waals surface area contributed by atoms with Gasteiger partial charge in [-0.05, 0) is 64.8 Å². The van der Waals surface area contributed by atoms with Crippen molar-refractivity contribution >= 4 is 83.7 Å². The van der Waals surface area contributed by atoms with E-state index in [1.807, 2.05) is 0 Å². The van der Waals surface area contributed by atoms with Crippen molar-refractivity contribution < 1.29 is 19.1 Å². The zero-order valence-corrected chi connectivity index (χ0v) is 20.1. The number of carbonyl (C=O) groups is 2. The van der Waals surface area contributed by atoms with Crippen molar-refractivity contribution in [2.24, 2.45) is 0 Å². The first-order chi connectivity index (χ1) is 14.2. The van der Waals surface area contributed by atoms with Crippen molar-refractivity contribution in [1.82, 2.24) is 4.90 Å². The lowest BCUT2D eigenvalue weighted by Gasteiger charge is -2.14. The third-order valence-electron chi connectivity index (χ3n) is 4.13. The normalized spacial score (nSPS) is 15.2. The number of phenols is 1. The van der Waals surface area contributed by atoms with Crippen molar-refractivity contribution in [3.05, 3.63) is 61.6 Å².